The molecule has 0 fully saturated rings. The second-order valence-electron chi connectivity index (χ2n) is 6.89. The van der Waals surface area contributed by atoms with E-state index in [-0.39, 0.29) is 5.82 Å². The topological polar surface area (TPSA) is 109 Å². The first-order valence-electron chi connectivity index (χ1n) is 9.55. The van der Waals surface area contributed by atoms with Crippen LogP contribution in [0, 0.1) is 11.2 Å². The van der Waals surface area contributed by atoms with Crippen molar-refractivity contribution in [2.45, 2.75) is 6.54 Å². The number of nitrogen functional groups attached to an aromatic ring is 1. The Morgan fingerprint density at radius 1 is 1.13 bits per heavy atom. The molecule has 0 amide bonds. The number of hydrogen-bond acceptors (Lipinski definition) is 7. The lowest BCUT2D eigenvalue weighted by Crippen LogP contribution is -2.04. The van der Waals surface area contributed by atoms with Crippen LogP contribution in [-0.4, -0.2) is 23.3 Å². The van der Waals surface area contributed by atoms with Crippen molar-refractivity contribution in [1.82, 2.24) is 9.97 Å². The number of ether oxygens (including phenoxy) is 1. The van der Waals surface area contributed by atoms with E-state index >= 15 is 0 Å². The van der Waals surface area contributed by atoms with Crippen LogP contribution < -0.4 is 21.1 Å². The molecular weight excluding hydrogens is 395 g/mol. The summed E-state index contributed by atoms with van der Waals surface area (Å²) in [6.45, 7) is 0.447. The second-order valence-corrected chi connectivity index (χ2v) is 6.89. The first-order chi connectivity index (χ1) is 15.1. The van der Waals surface area contributed by atoms with Gasteiger partial charge in [-0.3, -0.25) is 0 Å². The van der Waals surface area contributed by atoms with E-state index in [0.717, 1.165) is 22.3 Å². The standard InChI is InChI=1S/C23H21FN6O/c1-31-22-10-21-18(9-19(22)26)23(29-13-28-21)30-17-5-6-20(15(8-17)11-25)27-12-14-3-2-4-16(24)7-14/h2-11,13,25,27H,12,26H2,1H3,(H,28,29,30). The molecular formula is C23H21FN6O. The van der Waals surface area contributed by atoms with E-state index in [9.17, 15) is 4.39 Å². The molecule has 4 aromatic rings. The van der Waals surface area contributed by atoms with Gasteiger partial charge in [0.2, 0.25) is 0 Å². The third-order valence-electron chi connectivity index (χ3n) is 4.83. The van der Waals surface area contributed by atoms with Crippen LogP contribution in [0.25, 0.3) is 10.9 Å². The minimum absolute atomic E-state index is 0.276. The van der Waals surface area contributed by atoms with Gasteiger partial charge in [-0.25, -0.2) is 14.4 Å². The van der Waals surface area contributed by atoms with Gasteiger partial charge in [0.15, 0.2) is 0 Å². The van der Waals surface area contributed by atoms with Crippen molar-refractivity contribution in [3.63, 3.8) is 0 Å². The van der Waals surface area contributed by atoms with Crippen molar-refractivity contribution in [1.29, 1.82) is 5.41 Å². The summed E-state index contributed by atoms with van der Waals surface area (Å²) in [7, 11) is 1.56. The third kappa shape index (κ3) is 4.37. The van der Waals surface area contributed by atoms with E-state index in [4.69, 9.17) is 15.9 Å². The third-order valence-corrected chi connectivity index (χ3v) is 4.83. The lowest BCUT2D eigenvalue weighted by atomic mass is 10.1. The second kappa shape index (κ2) is 8.66. The van der Waals surface area contributed by atoms with E-state index in [0.29, 0.717) is 34.9 Å². The van der Waals surface area contributed by atoms with E-state index < -0.39 is 0 Å². The molecule has 4 rings (SSSR count). The van der Waals surface area contributed by atoms with Gasteiger partial charge >= 0.3 is 0 Å². The Morgan fingerprint density at radius 2 is 2.00 bits per heavy atom. The van der Waals surface area contributed by atoms with Crippen molar-refractivity contribution < 1.29 is 9.13 Å². The van der Waals surface area contributed by atoms with E-state index in [1.807, 2.05) is 24.3 Å². The van der Waals surface area contributed by atoms with Gasteiger partial charge < -0.3 is 26.5 Å². The van der Waals surface area contributed by atoms with Crippen LogP contribution in [0.5, 0.6) is 5.75 Å². The summed E-state index contributed by atoms with van der Waals surface area (Å²) in [6, 6.07) is 15.5. The lowest BCUT2D eigenvalue weighted by molar-refractivity contribution is 0.417. The fraction of sp³-hybridized carbons (Fsp3) is 0.0870. The number of fused-ring (bicyclic) bond motifs is 1. The van der Waals surface area contributed by atoms with Crippen LogP contribution in [0.4, 0.5) is 27.3 Å². The number of nitrogens with two attached hydrogens (primary N) is 1. The molecule has 1 heterocycles. The predicted octanol–water partition coefficient (Wildman–Crippen LogP) is 4.71. The van der Waals surface area contributed by atoms with E-state index in [1.165, 1.54) is 24.7 Å². The Hall–Kier alpha value is -4.20. The number of nitrogens with one attached hydrogen (secondary N) is 3. The Bertz CT molecular complexity index is 1260. The normalized spacial score (nSPS) is 10.6. The maximum Gasteiger partial charge on any atom is 0.143 e. The number of anilines is 4. The van der Waals surface area contributed by atoms with Crippen LogP contribution in [0.2, 0.25) is 0 Å². The summed E-state index contributed by atoms with van der Waals surface area (Å²) in [6.07, 6.45) is 2.73. The molecule has 8 heteroatoms. The molecule has 0 saturated heterocycles. The zero-order valence-corrected chi connectivity index (χ0v) is 16.8. The number of nitrogens with zero attached hydrogens (tertiary/aromatic N) is 2. The van der Waals surface area contributed by atoms with Crippen molar-refractivity contribution in [3.8, 4) is 5.75 Å². The first-order valence-corrected chi connectivity index (χ1v) is 9.55. The molecule has 0 unspecified atom stereocenters. The maximum absolute atomic E-state index is 13.4. The van der Waals surface area contributed by atoms with Gasteiger partial charge in [-0.1, -0.05) is 12.1 Å². The van der Waals surface area contributed by atoms with Crippen molar-refractivity contribution in [2.24, 2.45) is 0 Å². The summed E-state index contributed by atoms with van der Waals surface area (Å²) >= 11 is 0. The van der Waals surface area contributed by atoms with Gasteiger partial charge in [-0.2, -0.15) is 0 Å². The molecule has 1 aromatic heterocycles. The molecule has 0 saturated carbocycles. The monoisotopic (exact) mass is 416 g/mol. The first kappa shape index (κ1) is 20.1. The van der Waals surface area contributed by atoms with Gasteiger partial charge in [-0.15, -0.1) is 0 Å². The predicted molar refractivity (Wildman–Crippen MR) is 122 cm³/mol. The molecule has 3 aromatic carbocycles. The van der Waals surface area contributed by atoms with Gasteiger partial charge in [0.1, 0.15) is 23.7 Å². The maximum atomic E-state index is 13.4. The molecule has 31 heavy (non-hydrogen) atoms. The molecule has 7 nitrogen and oxygen atoms in total. The van der Waals surface area contributed by atoms with Crippen LogP contribution in [-0.2, 0) is 6.54 Å². The molecule has 0 spiro atoms. The van der Waals surface area contributed by atoms with Crippen molar-refractivity contribution >= 4 is 40.0 Å². The Kier molecular flexibility index (Phi) is 5.61. The van der Waals surface area contributed by atoms with E-state index in [2.05, 4.69) is 20.6 Å². The van der Waals surface area contributed by atoms with Crippen molar-refractivity contribution in [3.05, 3.63) is 77.9 Å². The SMILES string of the molecule is COc1cc2ncnc(Nc3ccc(NCc4cccc(F)c4)c(C=N)c3)c2cc1N. The van der Waals surface area contributed by atoms with Gasteiger partial charge in [0, 0.05) is 41.2 Å². The summed E-state index contributed by atoms with van der Waals surface area (Å²) < 4.78 is 18.6. The molecule has 0 radical (unpaired) electrons. The highest BCUT2D eigenvalue weighted by atomic mass is 19.1. The number of hydrogen-bond donors (Lipinski definition) is 4. The van der Waals surface area contributed by atoms with Gasteiger partial charge in [-0.05, 0) is 42.0 Å². The average Bonchev–Trinajstić information content (AvgIpc) is 2.78. The molecule has 0 aliphatic carbocycles. The zero-order chi connectivity index (χ0) is 21.8. The van der Waals surface area contributed by atoms with E-state index in [1.54, 1.807) is 25.3 Å². The molecule has 0 aliphatic rings. The zero-order valence-electron chi connectivity index (χ0n) is 16.8. The summed E-state index contributed by atoms with van der Waals surface area (Å²) in [5, 5.41) is 15.0. The fourth-order valence-electron chi connectivity index (χ4n) is 3.28. The van der Waals surface area contributed by atoms with Gasteiger partial charge in [0.25, 0.3) is 0 Å². The molecule has 5 N–H and O–H groups in total. The number of halogens is 1. The average molecular weight is 416 g/mol. The van der Waals surface area contributed by atoms with Gasteiger partial charge in [0.05, 0.1) is 18.3 Å². The quantitative estimate of drug-likeness (QED) is 0.257. The highest BCUT2D eigenvalue weighted by molar-refractivity contribution is 5.95. The number of aromatic nitrogens is 2. The van der Waals surface area contributed by atoms with Crippen LogP contribution in [0.3, 0.4) is 0 Å². The van der Waals surface area contributed by atoms with Crippen LogP contribution in [0.15, 0.2) is 60.9 Å². The Morgan fingerprint density at radius 3 is 2.77 bits per heavy atom. The minimum Gasteiger partial charge on any atom is -0.495 e. The largest absolute Gasteiger partial charge is 0.495 e. The molecule has 156 valence electrons. The molecule has 0 atom stereocenters. The highest BCUT2D eigenvalue weighted by Crippen LogP contribution is 2.31. The minimum atomic E-state index is -0.276. The highest BCUT2D eigenvalue weighted by Gasteiger charge is 2.10. The van der Waals surface area contributed by atoms with Crippen LogP contribution >= 0.6 is 0 Å². The number of rotatable bonds is 7. The molecule has 0 bridgehead atoms. The smallest absolute Gasteiger partial charge is 0.143 e. The summed E-state index contributed by atoms with van der Waals surface area (Å²) in [4.78, 5) is 8.61. The summed E-state index contributed by atoms with van der Waals surface area (Å²) in [5.74, 6) is 0.870. The van der Waals surface area contributed by atoms with Crippen LogP contribution in [0.1, 0.15) is 11.1 Å². The Labute approximate surface area is 178 Å². The Balaban J connectivity index is 1.58. The number of methoxy groups -OCH3 is 1. The summed E-state index contributed by atoms with van der Waals surface area (Å²) in [5.41, 5.74) is 10.3. The van der Waals surface area contributed by atoms with Crippen molar-refractivity contribution in [2.75, 3.05) is 23.5 Å². The lowest BCUT2D eigenvalue weighted by Gasteiger charge is -2.14. The molecule has 0 aliphatic heterocycles. The number of benzene rings is 3. The fourth-order valence-corrected chi connectivity index (χ4v) is 3.28.